The molecule has 2 rings (SSSR count). The van der Waals surface area contributed by atoms with Gasteiger partial charge in [0.2, 0.25) is 0 Å². The summed E-state index contributed by atoms with van der Waals surface area (Å²) in [4.78, 5) is 11.6. The predicted octanol–water partition coefficient (Wildman–Crippen LogP) is 3.72. The summed E-state index contributed by atoms with van der Waals surface area (Å²) in [6.45, 7) is 1.47. The maximum atomic E-state index is 13.2. The van der Waals surface area contributed by atoms with Crippen molar-refractivity contribution in [3.8, 4) is 5.69 Å². The topological polar surface area (TPSA) is 44.1 Å². The molecule has 0 N–H and O–H groups in total. The first kappa shape index (κ1) is 15.4. The molecule has 0 spiro atoms. The van der Waals surface area contributed by atoms with E-state index < -0.39 is 23.4 Å². The largest absolute Gasteiger partial charge is 0.462 e. The maximum Gasteiger partial charge on any atom is 0.434 e. The SMILES string of the molecule is CCOC(=O)c1cnn(-c2ccccc2Cl)c1C(F)(F)F. The van der Waals surface area contributed by atoms with Crippen LogP contribution in [0, 0.1) is 0 Å². The second kappa shape index (κ2) is 5.77. The minimum absolute atomic E-state index is 0.0297. The lowest BCUT2D eigenvalue weighted by Gasteiger charge is -2.13. The molecule has 0 bridgehead atoms. The van der Waals surface area contributed by atoms with Crippen molar-refractivity contribution < 1.29 is 22.7 Å². The van der Waals surface area contributed by atoms with E-state index in [9.17, 15) is 18.0 Å². The quantitative estimate of drug-likeness (QED) is 0.810. The molecule has 8 heteroatoms. The van der Waals surface area contributed by atoms with Crippen molar-refractivity contribution in [2.45, 2.75) is 13.1 Å². The molecule has 1 aromatic carbocycles. The van der Waals surface area contributed by atoms with Crippen LogP contribution in [0.3, 0.4) is 0 Å². The van der Waals surface area contributed by atoms with Gasteiger partial charge in [0.25, 0.3) is 0 Å². The number of ether oxygens (including phenoxy) is 1. The van der Waals surface area contributed by atoms with E-state index in [0.29, 0.717) is 4.68 Å². The highest BCUT2D eigenvalue weighted by molar-refractivity contribution is 6.32. The smallest absolute Gasteiger partial charge is 0.434 e. The second-order valence-corrected chi connectivity index (χ2v) is 4.40. The van der Waals surface area contributed by atoms with Gasteiger partial charge >= 0.3 is 12.1 Å². The van der Waals surface area contributed by atoms with Crippen molar-refractivity contribution in [1.82, 2.24) is 9.78 Å². The molecule has 1 heterocycles. The summed E-state index contributed by atoms with van der Waals surface area (Å²) in [5.41, 5.74) is -1.83. The Morgan fingerprint density at radius 3 is 2.62 bits per heavy atom. The number of para-hydroxylation sites is 1. The second-order valence-electron chi connectivity index (χ2n) is 3.99. The number of hydrogen-bond donors (Lipinski definition) is 0. The van der Waals surface area contributed by atoms with Gasteiger partial charge < -0.3 is 4.74 Å². The van der Waals surface area contributed by atoms with Crippen molar-refractivity contribution >= 4 is 17.6 Å². The third-order valence-corrected chi connectivity index (χ3v) is 2.93. The Morgan fingerprint density at radius 1 is 1.38 bits per heavy atom. The Balaban J connectivity index is 2.64. The van der Waals surface area contributed by atoms with Crippen molar-refractivity contribution in [2.24, 2.45) is 0 Å². The fraction of sp³-hybridized carbons (Fsp3) is 0.231. The van der Waals surface area contributed by atoms with Crippen LogP contribution in [0.15, 0.2) is 30.5 Å². The molecular formula is C13H10ClF3N2O2. The minimum Gasteiger partial charge on any atom is -0.462 e. The minimum atomic E-state index is -4.78. The third-order valence-electron chi connectivity index (χ3n) is 2.61. The zero-order valence-electron chi connectivity index (χ0n) is 10.8. The van der Waals surface area contributed by atoms with Gasteiger partial charge in [0.15, 0.2) is 5.69 Å². The number of alkyl halides is 3. The van der Waals surface area contributed by atoms with Gasteiger partial charge in [-0.25, -0.2) is 9.48 Å². The zero-order valence-corrected chi connectivity index (χ0v) is 11.6. The fourth-order valence-electron chi connectivity index (χ4n) is 1.79. The van der Waals surface area contributed by atoms with E-state index in [1.54, 1.807) is 6.07 Å². The first-order chi connectivity index (χ1) is 9.86. The van der Waals surface area contributed by atoms with Crippen molar-refractivity contribution in [2.75, 3.05) is 6.61 Å². The standard InChI is InChI=1S/C13H10ClF3N2O2/c1-2-21-12(20)8-7-18-19(11(8)13(15,16)17)10-6-4-3-5-9(10)14/h3-7H,2H2,1H3. The summed E-state index contributed by atoms with van der Waals surface area (Å²) in [6.07, 6.45) is -3.96. The summed E-state index contributed by atoms with van der Waals surface area (Å²) < 4.78 is 45.0. The van der Waals surface area contributed by atoms with Crippen molar-refractivity contribution in [3.05, 3.63) is 46.7 Å². The molecule has 0 atom stereocenters. The van der Waals surface area contributed by atoms with Gasteiger partial charge in [-0.05, 0) is 19.1 Å². The lowest BCUT2D eigenvalue weighted by molar-refractivity contribution is -0.143. The summed E-state index contributed by atoms with van der Waals surface area (Å²) >= 11 is 5.89. The normalized spacial score (nSPS) is 11.5. The lowest BCUT2D eigenvalue weighted by atomic mass is 10.2. The van der Waals surface area contributed by atoms with Crippen LogP contribution in [0.5, 0.6) is 0 Å². The molecule has 4 nitrogen and oxygen atoms in total. The Labute approximate surface area is 123 Å². The van der Waals surface area contributed by atoms with Crippen LogP contribution in [-0.4, -0.2) is 22.4 Å². The molecular weight excluding hydrogens is 309 g/mol. The van der Waals surface area contributed by atoms with Crippen LogP contribution >= 0.6 is 11.6 Å². The third kappa shape index (κ3) is 3.02. The molecule has 0 amide bonds. The van der Waals surface area contributed by atoms with Gasteiger partial charge in [-0.2, -0.15) is 18.3 Å². The zero-order chi connectivity index (χ0) is 15.6. The molecule has 0 saturated heterocycles. The molecule has 0 fully saturated rings. The summed E-state index contributed by atoms with van der Waals surface area (Å²) in [7, 11) is 0. The molecule has 21 heavy (non-hydrogen) atoms. The van der Waals surface area contributed by atoms with E-state index in [-0.39, 0.29) is 17.3 Å². The Bertz CT molecular complexity index is 668. The molecule has 0 radical (unpaired) electrons. The van der Waals surface area contributed by atoms with Crippen LogP contribution in [0.4, 0.5) is 13.2 Å². The van der Waals surface area contributed by atoms with Crippen LogP contribution < -0.4 is 0 Å². The van der Waals surface area contributed by atoms with E-state index in [0.717, 1.165) is 6.20 Å². The lowest BCUT2D eigenvalue weighted by Crippen LogP contribution is -2.18. The monoisotopic (exact) mass is 318 g/mol. The number of halogens is 4. The molecule has 2 aromatic rings. The van der Waals surface area contributed by atoms with Gasteiger partial charge in [-0.15, -0.1) is 0 Å². The molecule has 0 unspecified atom stereocenters. The predicted molar refractivity (Wildman–Crippen MR) is 69.5 cm³/mol. The summed E-state index contributed by atoms with van der Waals surface area (Å²) in [6, 6.07) is 5.91. The van der Waals surface area contributed by atoms with Crippen molar-refractivity contribution in [1.29, 1.82) is 0 Å². The highest BCUT2D eigenvalue weighted by Gasteiger charge is 2.41. The van der Waals surface area contributed by atoms with Crippen LogP contribution in [0.2, 0.25) is 5.02 Å². The van der Waals surface area contributed by atoms with Gasteiger partial charge in [0.1, 0.15) is 5.56 Å². The highest BCUT2D eigenvalue weighted by atomic mass is 35.5. The number of carbonyl (C=O) groups is 1. The van der Waals surface area contributed by atoms with E-state index in [1.807, 2.05) is 0 Å². The highest BCUT2D eigenvalue weighted by Crippen LogP contribution is 2.35. The number of benzene rings is 1. The van der Waals surface area contributed by atoms with E-state index in [1.165, 1.54) is 25.1 Å². The molecule has 0 saturated carbocycles. The van der Waals surface area contributed by atoms with E-state index in [2.05, 4.69) is 9.84 Å². The molecule has 112 valence electrons. The Kier molecular flexibility index (Phi) is 4.22. The fourth-order valence-corrected chi connectivity index (χ4v) is 2.00. The Morgan fingerprint density at radius 2 is 2.05 bits per heavy atom. The van der Waals surface area contributed by atoms with Gasteiger partial charge in [0.05, 0.1) is 23.5 Å². The number of aromatic nitrogens is 2. The first-order valence-electron chi connectivity index (χ1n) is 5.93. The van der Waals surface area contributed by atoms with Crippen LogP contribution in [-0.2, 0) is 10.9 Å². The average molecular weight is 319 g/mol. The molecule has 1 aromatic heterocycles. The maximum absolute atomic E-state index is 13.2. The van der Waals surface area contributed by atoms with Gasteiger partial charge in [0, 0.05) is 0 Å². The number of esters is 1. The summed E-state index contributed by atoms with van der Waals surface area (Å²) in [5.74, 6) is -1.08. The number of hydrogen-bond acceptors (Lipinski definition) is 3. The Hall–Kier alpha value is -2.02. The molecule has 0 aliphatic carbocycles. The van der Waals surface area contributed by atoms with Crippen LogP contribution in [0.25, 0.3) is 5.69 Å². The van der Waals surface area contributed by atoms with Crippen LogP contribution in [0.1, 0.15) is 23.0 Å². The van der Waals surface area contributed by atoms with Gasteiger partial charge in [-0.3, -0.25) is 0 Å². The first-order valence-corrected chi connectivity index (χ1v) is 6.31. The van der Waals surface area contributed by atoms with Gasteiger partial charge in [-0.1, -0.05) is 23.7 Å². The molecule has 0 aliphatic rings. The number of rotatable bonds is 3. The van der Waals surface area contributed by atoms with E-state index >= 15 is 0 Å². The number of carbonyl (C=O) groups excluding carboxylic acids is 1. The number of nitrogens with zero attached hydrogens (tertiary/aromatic N) is 2. The molecule has 0 aliphatic heterocycles. The summed E-state index contributed by atoms with van der Waals surface area (Å²) in [5, 5.41) is 3.71. The van der Waals surface area contributed by atoms with E-state index in [4.69, 9.17) is 11.6 Å². The average Bonchev–Trinajstić information content (AvgIpc) is 2.84. The van der Waals surface area contributed by atoms with Crippen molar-refractivity contribution in [3.63, 3.8) is 0 Å².